The number of rotatable bonds is 10. The summed E-state index contributed by atoms with van der Waals surface area (Å²) in [5.74, 6) is 0.768. The summed E-state index contributed by atoms with van der Waals surface area (Å²) < 4.78 is 5.58. The molecule has 0 spiro atoms. The maximum absolute atomic E-state index is 5.58. The average molecular weight is 350 g/mol. The van der Waals surface area contributed by atoms with E-state index in [0.29, 0.717) is 6.61 Å². The van der Waals surface area contributed by atoms with E-state index in [1.165, 1.54) is 27.8 Å². The lowest BCUT2D eigenvalue weighted by Crippen LogP contribution is -2.28. The smallest absolute Gasteiger partial charge is 0.100 e. The lowest BCUT2D eigenvalue weighted by molar-refractivity contribution is 0.156. The van der Waals surface area contributed by atoms with Crippen LogP contribution in [0.3, 0.4) is 0 Å². The molecule has 0 unspecified atom stereocenters. The van der Waals surface area contributed by atoms with Gasteiger partial charge in [0.1, 0.15) is 6.61 Å². The monoisotopic (exact) mass is 349 g/mol. The van der Waals surface area contributed by atoms with E-state index in [4.69, 9.17) is 4.74 Å². The van der Waals surface area contributed by atoms with Crippen LogP contribution >= 0.6 is 0 Å². The summed E-state index contributed by atoms with van der Waals surface area (Å²) in [6, 6.07) is 17.2. The van der Waals surface area contributed by atoms with E-state index in [2.05, 4.69) is 80.4 Å². The van der Waals surface area contributed by atoms with Crippen LogP contribution in [0.2, 0.25) is 0 Å². The number of benzene rings is 2. The van der Waals surface area contributed by atoms with Gasteiger partial charge in [-0.3, -0.25) is 4.90 Å². The fourth-order valence-corrected chi connectivity index (χ4v) is 2.97. The molecule has 138 valence electrons. The predicted molar refractivity (Wildman–Crippen MR) is 112 cm³/mol. The third-order valence-corrected chi connectivity index (χ3v) is 4.54. The van der Waals surface area contributed by atoms with Crippen LogP contribution in [-0.4, -0.2) is 24.6 Å². The first-order chi connectivity index (χ1) is 12.5. The van der Waals surface area contributed by atoms with Gasteiger partial charge >= 0.3 is 0 Å². The van der Waals surface area contributed by atoms with Crippen molar-refractivity contribution in [2.24, 2.45) is 0 Å². The third-order valence-electron chi connectivity index (χ3n) is 4.54. The Morgan fingerprint density at radius 2 is 1.65 bits per heavy atom. The molecule has 0 atom stereocenters. The molecule has 0 aromatic heterocycles. The van der Waals surface area contributed by atoms with Crippen LogP contribution in [0, 0.1) is 13.8 Å². The minimum absolute atomic E-state index is 0.665. The van der Waals surface area contributed by atoms with E-state index >= 15 is 0 Å². The maximum atomic E-state index is 5.58. The van der Waals surface area contributed by atoms with Crippen LogP contribution in [0.15, 0.2) is 67.4 Å². The molecular formula is C24H31NO. The molecule has 2 aromatic rings. The Hall–Kier alpha value is -2.32. The number of allylic oxidation sites excluding steroid dienone is 1. The molecule has 2 nitrogen and oxygen atoms in total. The summed E-state index contributed by atoms with van der Waals surface area (Å²) in [6.07, 6.45) is 0.948. The summed E-state index contributed by atoms with van der Waals surface area (Å²) in [6.45, 7) is 17.7. The van der Waals surface area contributed by atoms with Crippen molar-refractivity contribution in [1.29, 1.82) is 0 Å². The van der Waals surface area contributed by atoms with Crippen LogP contribution in [0.25, 0.3) is 5.57 Å². The predicted octanol–water partition coefficient (Wildman–Crippen LogP) is 5.76. The second-order valence-electron chi connectivity index (χ2n) is 6.98. The topological polar surface area (TPSA) is 12.5 Å². The molecule has 0 bridgehead atoms. The summed E-state index contributed by atoms with van der Waals surface area (Å²) in [7, 11) is 0. The van der Waals surface area contributed by atoms with Crippen LogP contribution in [-0.2, 0) is 11.3 Å². The lowest BCUT2D eigenvalue weighted by Gasteiger charge is -2.23. The highest BCUT2D eigenvalue weighted by atomic mass is 16.5. The third kappa shape index (κ3) is 6.53. The highest BCUT2D eigenvalue weighted by Crippen LogP contribution is 2.20. The Balaban J connectivity index is 1.98. The molecule has 0 amide bonds. The number of aryl methyl sites for hydroxylation is 2. The molecule has 0 saturated heterocycles. The van der Waals surface area contributed by atoms with Crippen molar-refractivity contribution in [1.82, 2.24) is 4.90 Å². The minimum atomic E-state index is 0.665. The average Bonchev–Trinajstić information content (AvgIpc) is 2.61. The largest absolute Gasteiger partial charge is 0.498 e. The Bertz CT molecular complexity index is 730. The SMILES string of the molecule is C=C(C)OCCN(CCC(=C)c1ccccc1C)Cc1ccc(C)cc1. The molecule has 0 heterocycles. The fourth-order valence-electron chi connectivity index (χ4n) is 2.97. The highest BCUT2D eigenvalue weighted by Gasteiger charge is 2.09. The molecule has 0 radical (unpaired) electrons. The number of nitrogens with zero attached hydrogens (tertiary/aromatic N) is 1. The van der Waals surface area contributed by atoms with Gasteiger partial charge in [-0.2, -0.15) is 0 Å². The van der Waals surface area contributed by atoms with Crippen LogP contribution in [0.5, 0.6) is 0 Å². The van der Waals surface area contributed by atoms with Gasteiger partial charge in [0, 0.05) is 19.6 Å². The Labute approximate surface area is 158 Å². The van der Waals surface area contributed by atoms with Crippen LogP contribution in [0.4, 0.5) is 0 Å². The normalized spacial score (nSPS) is 10.8. The van der Waals surface area contributed by atoms with Crippen LogP contribution in [0.1, 0.15) is 35.6 Å². The molecule has 0 saturated carbocycles. The van der Waals surface area contributed by atoms with Gasteiger partial charge in [0.2, 0.25) is 0 Å². The van der Waals surface area contributed by atoms with E-state index < -0.39 is 0 Å². The van der Waals surface area contributed by atoms with Crippen molar-refractivity contribution in [2.45, 2.75) is 33.7 Å². The zero-order chi connectivity index (χ0) is 18.9. The Morgan fingerprint density at radius 1 is 0.962 bits per heavy atom. The van der Waals surface area contributed by atoms with Gasteiger partial charge in [0.25, 0.3) is 0 Å². The number of ether oxygens (including phenoxy) is 1. The molecule has 0 aliphatic carbocycles. The van der Waals surface area contributed by atoms with Crippen molar-refractivity contribution < 1.29 is 4.74 Å². The van der Waals surface area contributed by atoms with Gasteiger partial charge in [0.15, 0.2) is 0 Å². The van der Waals surface area contributed by atoms with Crippen molar-refractivity contribution in [2.75, 3.05) is 19.7 Å². The van der Waals surface area contributed by atoms with E-state index in [9.17, 15) is 0 Å². The van der Waals surface area contributed by atoms with E-state index in [1.54, 1.807) is 0 Å². The van der Waals surface area contributed by atoms with Crippen molar-refractivity contribution in [3.8, 4) is 0 Å². The van der Waals surface area contributed by atoms with Crippen molar-refractivity contribution in [3.63, 3.8) is 0 Å². The summed E-state index contributed by atoms with van der Waals surface area (Å²) >= 11 is 0. The summed E-state index contributed by atoms with van der Waals surface area (Å²) in [5.41, 5.74) is 6.36. The van der Waals surface area contributed by atoms with Crippen molar-refractivity contribution in [3.05, 3.63) is 89.7 Å². The van der Waals surface area contributed by atoms with Gasteiger partial charge in [-0.05, 0) is 49.5 Å². The summed E-state index contributed by atoms with van der Waals surface area (Å²) in [4.78, 5) is 2.43. The van der Waals surface area contributed by atoms with E-state index in [1.807, 2.05) is 6.92 Å². The zero-order valence-electron chi connectivity index (χ0n) is 16.4. The molecule has 0 N–H and O–H groups in total. The van der Waals surface area contributed by atoms with E-state index in [0.717, 1.165) is 31.8 Å². The fraction of sp³-hybridized carbons (Fsp3) is 0.333. The molecule has 26 heavy (non-hydrogen) atoms. The van der Waals surface area contributed by atoms with Crippen LogP contribution < -0.4 is 0 Å². The van der Waals surface area contributed by atoms with Gasteiger partial charge in [0.05, 0.1) is 5.76 Å². The first kappa shape index (κ1) is 20.0. The molecule has 0 aliphatic rings. The van der Waals surface area contributed by atoms with Gasteiger partial charge < -0.3 is 4.74 Å². The molecular weight excluding hydrogens is 318 g/mol. The molecule has 0 fully saturated rings. The standard InChI is InChI=1S/C24H31NO/c1-19(2)26-17-16-25(18-23-12-10-20(3)11-13-23)15-14-22(5)24-9-7-6-8-21(24)4/h6-13H,1,5,14-18H2,2-4H3. The maximum Gasteiger partial charge on any atom is 0.100 e. The first-order valence-corrected chi connectivity index (χ1v) is 9.25. The van der Waals surface area contributed by atoms with Gasteiger partial charge in [-0.1, -0.05) is 67.3 Å². The van der Waals surface area contributed by atoms with Crippen molar-refractivity contribution >= 4 is 5.57 Å². The number of hydrogen-bond acceptors (Lipinski definition) is 2. The Morgan fingerprint density at radius 3 is 2.31 bits per heavy atom. The van der Waals surface area contributed by atoms with E-state index in [-0.39, 0.29) is 0 Å². The molecule has 2 aromatic carbocycles. The second-order valence-corrected chi connectivity index (χ2v) is 6.98. The Kier molecular flexibility index (Phi) is 7.68. The molecule has 2 heteroatoms. The van der Waals surface area contributed by atoms with Gasteiger partial charge in [-0.15, -0.1) is 0 Å². The lowest BCUT2D eigenvalue weighted by atomic mass is 9.99. The number of hydrogen-bond donors (Lipinski definition) is 0. The highest BCUT2D eigenvalue weighted by molar-refractivity contribution is 5.66. The first-order valence-electron chi connectivity index (χ1n) is 9.25. The zero-order valence-corrected chi connectivity index (χ0v) is 16.4. The quantitative estimate of drug-likeness (QED) is 0.506. The summed E-state index contributed by atoms with van der Waals surface area (Å²) in [5, 5.41) is 0. The molecule has 0 aliphatic heterocycles. The van der Waals surface area contributed by atoms with Gasteiger partial charge in [-0.25, -0.2) is 0 Å². The molecule has 2 rings (SSSR count). The minimum Gasteiger partial charge on any atom is -0.498 e. The second kappa shape index (κ2) is 9.98.